The van der Waals surface area contributed by atoms with E-state index in [1.165, 1.54) is 24.3 Å². The molecule has 1 heterocycles. The third-order valence-corrected chi connectivity index (χ3v) is 4.01. The quantitative estimate of drug-likeness (QED) is 0.444. The zero-order valence-corrected chi connectivity index (χ0v) is 13.9. The number of amides is 1. The van der Waals surface area contributed by atoms with Crippen molar-refractivity contribution in [3.05, 3.63) is 70.0 Å². The normalized spacial score (nSPS) is 12.0. The Morgan fingerprint density at radius 1 is 1.23 bits per heavy atom. The summed E-state index contributed by atoms with van der Waals surface area (Å²) in [7, 11) is 0. The van der Waals surface area contributed by atoms with E-state index in [4.69, 9.17) is 0 Å². The minimum Gasteiger partial charge on any atom is -0.387 e. The highest BCUT2D eigenvalue weighted by molar-refractivity contribution is 5.77. The van der Waals surface area contributed by atoms with E-state index in [2.05, 4.69) is 15.3 Å². The van der Waals surface area contributed by atoms with Gasteiger partial charge in [-0.1, -0.05) is 12.1 Å². The number of aromatic amines is 1. The average Bonchev–Trinajstić information content (AvgIpc) is 3.07. The molecule has 0 aliphatic rings. The second-order valence-corrected chi connectivity index (χ2v) is 5.87. The number of hydrogen-bond acceptors (Lipinski definition) is 5. The van der Waals surface area contributed by atoms with Crippen molar-refractivity contribution in [1.82, 2.24) is 15.3 Å². The molecule has 1 atom stereocenters. The van der Waals surface area contributed by atoms with Crippen molar-refractivity contribution in [3.8, 4) is 0 Å². The number of fused-ring (bicyclic) bond motifs is 1. The van der Waals surface area contributed by atoms with Gasteiger partial charge in [0.15, 0.2) is 0 Å². The van der Waals surface area contributed by atoms with E-state index >= 15 is 0 Å². The first kappa shape index (κ1) is 17.6. The molecule has 0 spiro atoms. The first-order valence-corrected chi connectivity index (χ1v) is 8.15. The third kappa shape index (κ3) is 4.22. The van der Waals surface area contributed by atoms with Gasteiger partial charge in [0, 0.05) is 31.5 Å². The average molecular weight is 354 g/mol. The van der Waals surface area contributed by atoms with Crippen molar-refractivity contribution < 1.29 is 14.8 Å². The van der Waals surface area contributed by atoms with Gasteiger partial charge < -0.3 is 15.4 Å². The maximum absolute atomic E-state index is 12.0. The molecule has 0 aliphatic carbocycles. The monoisotopic (exact) mass is 354 g/mol. The SMILES string of the molecule is O=C(CCc1nc2ccccc2[nH]1)NCC(O)c1ccc([N+](=O)[O-])cc1. The van der Waals surface area contributed by atoms with E-state index in [1.54, 1.807) is 0 Å². The van der Waals surface area contributed by atoms with Gasteiger partial charge in [0.05, 0.1) is 22.1 Å². The topological polar surface area (TPSA) is 121 Å². The summed E-state index contributed by atoms with van der Waals surface area (Å²) in [6.45, 7) is 0.0385. The van der Waals surface area contributed by atoms with Crippen LogP contribution in [0.4, 0.5) is 5.69 Å². The number of nitro benzene ring substituents is 1. The van der Waals surface area contributed by atoms with E-state index in [0.29, 0.717) is 12.0 Å². The molecule has 3 N–H and O–H groups in total. The summed E-state index contributed by atoms with van der Waals surface area (Å²) in [5, 5.41) is 23.4. The summed E-state index contributed by atoms with van der Waals surface area (Å²) in [5.41, 5.74) is 2.25. The van der Waals surface area contributed by atoms with Crippen LogP contribution < -0.4 is 5.32 Å². The Hall–Kier alpha value is -3.26. The number of rotatable bonds is 7. The number of H-pyrrole nitrogens is 1. The summed E-state index contributed by atoms with van der Waals surface area (Å²) < 4.78 is 0. The van der Waals surface area contributed by atoms with Crippen molar-refractivity contribution in [3.63, 3.8) is 0 Å². The van der Waals surface area contributed by atoms with Gasteiger partial charge in [-0.05, 0) is 29.8 Å². The standard InChI is InChI=1S/C18H18N4O4/c23-16(12-5-7-13(8-6-12)22(25)26)11-19-18(24)10-9-17-20-14-3-1-2-4-15(14)21-17/h1-8,16,23H,9-11H2,(H,19,24)(H,20,21). The Kier molecular flexibility index (Phi) is 5.23. The lowest BCUT2D eigenvalue weighted by atomic mass is 10.1. The Morgan fingerprint density at radius 3 is 2.65 bits per heavy atom. The fourth-order valence-corrected chi connectivity index (χ4v) is 2.59. The van der Waals surface area contributed by atoms with Crippen LogP contribution in [0.3, 0.4) is 0 Å². The molecule has 3 aromatic rings. The molecule has 8 nitrogen and oxygen atoms in total. The van der Waals surface area contributed by atoms with Crippen molar-refractivity contribution in [2.75, 3.05) is 6.54 Å². The van der Waals surface area contributed by atoms with Gasteiger partial charge in [-0.3, -0.25) is 14.9 Å². The molecular weight excluding hydrogens is 336 g/mol. The predicted molar refractivity (Wildman–Crippen MR) is 95.5 cm³/mol. The van der Waals surface area contributed by atoms with Gasteiger partial charge in [0.1, 0.15) is 5.82 Å². The predicted octanol–water partition coefficient (Wildman–Crippen LogP) is 2.25. The molecule has 26 heavy (non-hydrogen) atoms. The molecule has 134 valence electrons. The van der Waals surface area contributed by atoms with Crippen LogP contribution in [0.25, 0.3) is 11.0 Å². The molecule has 1 amide bonds. The summed E-state index contributed by atoms with van der Waals surface area (Å²) >= 11 is 0. The van der Waals surface area contributed by atoms with Gasteiger partial charge in [0.25, 0.3) is 5.69 Å². The summed E-state index contributed by atoms with van der Waals surface area (Å²) in [5.74, 6) is 0.531. The number of hydrogen-bond donors (Lipinski definition) is 3. The van der Waals surface area contributed by atoms with Gasteiger partial charge in [-0.2, -0.15) is 0 Å². The highest BCUT2D eigenvalue weighted by Crippen LogP contribution is 2.17. The number of para-hydroxylation sites is 2. The fourth-order valence-electron chi connectivity index (χ4n) is 2.59. The van der Waals surface area contributed by atoms with Crippen molar-refractivity contribution in [2.45, 2.75) is 18.9 Å². The molecule has 0 bridgehead atoms. The maximum atomic E-state index is 12.0. The molecule has 1 unspecified atom stereocenters. The Morgan fingerprint density at radius 2 is 1.96 bits per heavy atom. The van der Waals surface area contributed by atoms with Crippen LogP contribution in [0.2, 0.25) is 0 Å². The molecule has 0 aliphatic heterocycles. The number of nitrogens with zero attached hydrogens (tertiary/aromatic N) is 2. The van der Waals surface area contributed by atoms with E-state index in [9.17, 15) is 20.0 Å². The second kappa shape index (κ2) is 7.75. The van der Waals surface area contributed by atoms with E-state index in [1.807, 2.05) is 24.3 Å². The van der Waals surface area contributed by atoms with Crippen LogP contribution in [0.1, 0.15) is 23.9 Å². The van der Waals surface area contributed by atoms with Crippen LogP contribution in [0.5, 0.6) is 0 Å². The van der Waals surface area contributed by atoms with Crippen molar-refractivity contribution in [2.24, 2.45) is 0 Å². The zero-order valence-electron chi connectivity index (χ0n) is 13.9. The number of benzene rings is 2. The van der Waals surface area contributed by atoms with E-state index in [-0.39, 0.29) is 24.6 Å². The molecule has 8 heteroatoms. The Balaban J connectivity index is 1.47. The first-order chi connectivity index (χ1) is 12.5. The minimum atomic E-state index is -0.925. The number of nitro groups is 1. The summed E-state index contributed by atoms with van der Waals surface area (Å²) in [6, 6.07) is 13.2. The van der Waals surface area contributed by atoms with Crippen LogP contribution >= 0.6 is 0 Å². The maximum Gasteiger partial charge on any atom is 0.269 e. The smallest absolute Gasteiger partial charge is 0.269 e. The van der Waals surface area contributed by atoms with E-state index in [0.717, 1.165) is 16.9 Å². The highest BCUT2D eigenvalue weighted by atomic mass is 16.6. The Labute approximate surface area is 149 Å². The number of non-ortho nitro benzene ring substituents is 1. The number of carbonyl (C=O) groups is 1. The lowest BCUT2D eigenvalue weighted by Gasteiger charge is -2.12. The molecule has 0 radical (unpaired) electrons. The third-order valence-electron chi connectivity index (χ3n) is 4.01. The molecular formula is C18H18N4O4. The highest BCUT2D eigenvalue weighted by Gasteiger charge is 2.12. The molecule has 0 saturated heterocycles. The van der Waals surface area contributed by atoms with Gasteiger partial charge in [-0.15, -0.1) is 0 Å². The number of aliphatic hydroxyl groups excluding tert-OH is 1. The van der Waals surface area contributed by atoms with Crippen LogP contribution in [-0.2, 0) is 11.2 Å². The number of imidazole rings is 1. The van der Waals surface area contributed by atoms with Gasteiger partial charge in [0.2, 0.25) is 5.91 Å². The lowest BCUT2D eigenvalue weighted by Crippen LogP contribution is -2.28. The number of aromatic nitrogens is 2. The Bertz CT molecular complexity index is 887. The second-order valence-electron chi connectivity index (χ2n) is 5.87. The van der Waals surface area contributed by atoms with Crippen LogP contribution in [-0.4, -0.2) is 32.4 Å². The largest absolute Gasteiger partial charge is 0.387 e. The van der Waals surface area contributed by atoms with Crippen molar-refractivity contribution >= 4 is 22.6 Å². The summed E-state index contributed by atoms with van der Waals surface area (Å²) in [6.07, 6.45) is -0.216. The van der Waals surface area contributed by atoms with E-state index < -0.39 is 11.0 Å². The fraction of sp³-hybridized carbons (Fsp3) is 0.222. The van der Waals surface area contributed by atoms with Gasteiger partial charge in [-0.25, -0.2) is 4.98 Å². The summed E-state index contributed by atoms with van der Waals surface area (Å²) in [4.78, 5) is 29.6. The molecule has 1 aromatic heterocycles. The minimum absolute atomic E-state index is 0.0385. The van der Waals surface area contributed by atoms with Crippen LogP contribution in [0.15, 0.2) is 48.5 Å². The first-order valence-electron chi connectivity index (χ1n) is 8.15. The number of nitrogens with one attached hydrogen (secondary N) is 2. The number of aliphatic hydroxyl groups is 1. The lowest BCUT2D eigenvalue weighted by molar-refractivity contribution is -0.384. The van der Waals surface area contributed by atoms with Gasteiger partial charge >= 0.3 is 0 Å². The molecule has 2 aromatic carbocycles. The zero-order chi connectivity index (χ0) is 18.5. The number of aryl methyl sites for hydroxylation is 1. The molecule has 0 fully saturated rings. The van der Waals surface area contributed by atoms with Crippen molar-refractivity contribution in [1.29, 1.82) is 0 Å². The molecule has 0 saturated carbocycles. The van der Waals surface area contributed by atoms with Crippen LogP contribution in [0, 0.1) is 10.1 Å². The number of carbonyl (C=O) groups excluding carboxylic acids is 1. The molecule has 3 rings (SSSR count).